The fourth-order valence-corrected chi connectivity index (χ4v) is 3.98. The molecule has 1 aliphatic rings. The van der Waals surface area contributed by atoms with Gasteiger partial charge in [0.15, 0.2) is 11.5 Å². The van der Waals surface area contributed by atoms with Crippen molar-refractivity contribution in [3.63, 3.8) is 0 Å². The third-order valence-corrected chi connectivity index (χ3v) is 5.31. The Kier molecular flexibility index (Phi) is 6.76. The van der Waals surface area contributed by atoms with E-state index in [0.717, 1.165) is 10.9 Å². The Balaban J connectivity index is 0.00000289. The highest BCUT2D eigenvalue weighted by Crippen LogP contribution is 2.43. The van der Waals surface area contributed by atoms with Crippen molar-refractivity contribution in [1.82, 2.24) is 9.88 Å². The standard InChI is InChI=1S/C23H23N3O5.ClH/c1-29-17-10-13(11-18(30-2)21(17)31-3)19-20(23(28)25-22(19)27)15-12-26(9-8-24)16-7-5-4-6-14(15)16;/h4-7,10-12H,8-9,24H2,1-3H3,(H,25,27,28);1H. The molecule has 0 bridgehead atoms. The van der Waals surface area contributed by atoms with E-state index in [1.54, 1.807) is 12.1 Å². The van der Waals surface area contributed by atoms with E-state index in [4.69, 9.17) is 19.9 Å². The molecule has 2 heterocycles. The van der Waals surface area contributed by atoms with Crippen LogP contribution in [0.1, 0.15) is 11.1 Å². The van der Waals surface area contributed by atoms with Crippen molar-refractivity contribution in [2.45, 2.75) is 6.54 Å². The second kappa shape index (κ2) is 9.33. The first-order valence-electron chi connectivity index (χ1n) is 9.72. The van der Waals surface area contributed by atoms with Crippen LogP contribution >= 0.6 is 12.4 Å². The SMILES string of the molecule is COc1cc(C2=C(c3cn(CCN)c4ccccc34)C(=O)NC2=O)cc(OC)c1OC.Cl. The zero-order valence-electron chi connectivity index (χ0n) is 17.9. The van der Waals surface area contributed by atoms with Crippen molar-refractivity contribution in [1.29, 1.82) is 0 Å². The predicted molar refractivity (Wildman–Crippen MR) is 124 cm³/mol. The number of fused-ring (bicyclic) bond motifs is 1. The molecule has 168 valence electrons. The van der Waals surface area contributed by atoms with Gasteiger partial charge in [0.2, 0.25) is 5.75 Å². The number of ether oxygens (including phenoxy) is 3. The van der Waals surface area contributed by atoms with Crippen LogP contribution in [0.25, 0.3) is 22.0 Å². The second-order valence-corrected chi connectivity index (χ2v) is 6.99. The van der Waals surface area contributed by atoms with Gasteiger partial charge in [-0.05, 0) is 23.8 Å². The average Bonchev–Trinajstić information content (AvgIpc) is 3.28. The largest absolute Gasteiger partial charge is 0.493 e. The fourth-order valence-electron chi connectivity index (χ4n) is 3.98. The number of benzene rings is 2. The van der Waals surface area contributed by atoms with Gasteiger partial charge in [-0.2, -0.15) is 0 Å². The van der Waals surface area contributed by atoms with E-state index >= 15 is 0 Å². The number of carbonyl (C=O) groups is 2. The summed E-state index contributed by atoms with van der Waals surface area (Å²) < 4.78 is 18.2. The molecule has 1 aliphatic heterocycles. The molecule has 0 radical (unpaired) electrons. The van der Waals surface area contributed by atoms with Gasteiger partial charge in [0.25, 0.3) is 11.8 Å². The summed E-state index contributed by atoms with van der Waals surface area (Å²) in [7, 11) is 4.50. The number of hydrogen-bond acceptors (Lipinski definition) is 6. The van der Waals surface area contributed by atoms with Gasteiger partial charge in [0, 0.05) is 35.8 Å². The Morgan fingerprint density at radius 3 is 2.16 bits per heavy atom. The Morgan fingerprint density at radius 1 is 0.938 bits per heavy atom. The molecule has 0 atom stereocenters. The van der Waals surface area contributed by atoms with Crippen LogP contribution in [0.4, 0.5) is 0 Å². The molecule has 0 saturated carbocycles. The Bertz CT molecular complexity index is 1210. The first kappa shape index (κ1) is 23.2. The third kappa shape index (κ3) is 3.68. The number of carbonyl (C=O) groups excluding carboxylic acids is 2. The van der Waals surface area contributed by atoms with Crippen LogP contribution in [-0.4, -0.2) is 44.3 Å². The van der Waals surface area contributed by atoms with Crippen LogP contribution in [0, 0.1) is 0 Å². The quantitative estimate of drug-likeness (QED) is 0.528. The number of rotatable bonds is 7. The molecular formula is C23H24ClN3O5. The molecule has 32 heavy (non-hydrogen) atoms. The molecule has 9 heteroatoms. The minimum Gasteiger partial charge on any atom is -0.493 e. The van der Waals surface area contributed by atoms with Crippen LogP contribution in [-0.2, 0) is 16.1 Å². The average molecular weight is 458 g/mol. The molecule has 0 spiro atoms. The van der Waals surface area contributed by atoms with Gasteiger partial charge in [-0.25, -0.2) is 0 Å². The minimum absolute atomic E-state index is 0. The highest BCUT2D eigenvalue weighted by Gasteiger charge is 2.34. The number of nitrogens with one attached hydrogen (secondary N) is 1. The van der Waals surface area contributed by atoms with Crippen molar-refractivity contribution in [2.24, 2.45) is 5.73 Å². The molecule has 3 aromatic rings. The molecule has 0 aliphatic carbocycles. The molecule has 3 N–H and O–H groups in total. The molecule has 0 fully saturated rings. The van der Waals surface area contributed by atoms with E-state index < -0.39 is 11.8 Å². The zero-order valence-corrected chi connectivity index (χ0v) is 18.7. The lowest BCUT2D eigenvalue weighted by atomic mass is 9.95. The Labute approximate surface area is 191 Å². The number of nitrogens with zero attached hydrogens (tertiary/aromatic N) is 1. The van der Waals surface area contributed by atoms with E-state index in [-0.39, 0.29) is 18.0 Å². The lowest BCUT2D eigenvalue weighted by molar-refractivity contribution is -0.122. The topological polar surface area (TPSA) is 105 Å². The molecule has 1 aromatic heterocycles. The zero-order chi connectivity index (χ0) is 22.1. The summed E-state index contributed by atoms with van der Waals surface area (Å²) in [6.07, 6.45) is 1.86. The fraction of sp³-hybridized carbons (Fsp3) is 0.217. The van der Waals surface area contributed by atoms with Gasteiger partial charge in [0.1, 0.15) is 0 Å². The maximum Gasteiger partial charge on any atom is 0.259 e. The molecule has 8 nitrogen and oxygen atoms in total. The van der Waals surface area contributed by atoms with E-state index in [0.29, 0.717) is 47.0 Å². The lowest BCUT2D eigenvalue weighted by Gasteiger charge is -2.14. The van der Waals surface area contributed by atoms with Crippen LogP contribution in [0.3, 0.4) is 0 Å². The van der Waals surface area contributed by atoms with Crippen molar-refractivity contribution < 1.29 is 23.8 Å². The number of para-hydroxylation sites is 1. The monoisotopic (exact) mass is 457 g/mol. The van der Waals surface area contributed by atoms with Gasteiger partial charge < -0.3 is 24.5 Å². The van der Waals surface area contributed by atoms with Gasteiger partial charge in [-0.3, -0.25) is 14.9 Å². The molecule has 0 saturated heterocycles. The van der Waals surface area contributed by atoms with Crippen molar-refractivity contribution in [3.8, 4) is 17.2 Å². The lowest BCUT2D eigenvalue weighted by Crippen LogP contribution is -2.22. The normalized spacial score (nSPS) is 13.2. The van der Waals surface area contributed by atoms with Gasteiger partial charge in [-0.1, -0.05) is 18.2 Å². The summed E-state index contributed by atoms with van der Waals surface area (Å²) in [5.74, 6) is 0.248. The first-order valence-corrected chi connectivity index (χ1v) is 9.72. The minimum atomic E-state index is -0.482. The van der Waals surface area contributed by atoms with E-state index in [9.17, 15) is 9.59 Å². The number of amides is 2. The van der Waals surface area contributed by atoms with Gasteiger partial charge in [0.05, 0.1) is 32.5 Å². The van der Waals surface area contributed by atoms with Crippen LogP contribution < -0.4 is 25.3 Å². The molecule has 2 amide bonds. The number of imide groups is 1. The third-order valence-electron chi connectivity index (χ3n) is 5.31. The van der Waals surface area contributed by atoms with Crippen molar-refractivity contribution in [3.05, 3.63) is 53.7 Å². The Hall–Kier alpha value is -3.49. The summed E-state index contributed by atoms with van der Waals surface area (Å²) in [5.41, 5.74) is 8.40. The molecule has 4 rings (SSSR count). The van der Waals surface area contributed by atoms with E-state index in [2.05, 4.69) is 5.32 Å². The van der Waals surface area contributed by atoms with Gasteiger partial charge in [-0.15, -0.1) is 12.4 Å². The summed E-state index contributed by atoms with van der Waals surface area (Å²) in [6, 6.07) is 11.0. The maximum atomic E-state index is 12.9. The number of methoxy groups -OCH3 is 3. The highest BCUT2D eigenvalue weighted by molar-refractivity contribution is 6.50. The highest BCUT2D eigenvalue weighted by atomic mass is 35.5. The molecular weight excluding hydrogens is 434 g/mol. The summed E-state index contributed by atoms with van der Waals surface area (Å²) >= 11 is 0. The van der Waals surface area contributed by atoms with E-state index in [1.807, 2.05) is 35.0 Å². The van der Waals surface area contributed by atoms with Gasteiger partial charge >= 0.3 is 0 Å². The summed E-state index contributed by atoms with van der Waals surface area (Å²) in [6.45, 7) is 1.03. The number of aromatic nitrogens is 1. The smallest absolute Gasteiger partial charge is 0.259 e. The van der Waals surface area contributed by atoms with Crippen LogP contribution in [0.15, 0.2) is 42.6 Å². The summed E-state index contributed by atoms with van der Waals surface area (Å²) in [4.78, 5) is 25.8. The van der Waals surface area contributed by atoms with Crippen molar-refractivity contribution in [2.75, 3.05) is 27.9 Å². The second-order valence-electron chi connectivity index (χ2n) is 6.99. The molecule has 2 aromatic carbocycles. The number of hydrogen-bond donors (Lipinski definition) is 2. The number of halogens is 1. The maximum absolute atomic E-state index is 12.9. The van der Waals surface area contributed by atoms with Crippen molar-refractivity contribution >= 4 is 46.3 Å². The van der Waals surface area contributed by atoms with Crippen LogP contribution in [0.2, 0.25) is 0 Å². The predicted octanol–water partition coefficient (Wildman–Crippen LogP) is 2.61. The van der Waals surface area contributed by atoms with Crippen LogP contribution in [0.5, 0.6) is 17.2 Å². The first-order chi connectivity index (χ1) is 15.0. The molecule has 0 unspecified atom stereocenters. The summed E-state index contributed by atoms with van der Waals surface area (Å²) in [5, 5.41) is 3.29. The van der Waals surface area contributed by atoms with E-state index in [1.165, 1.54) is 21.3 Å². The number of nitrogens with two attached hydrogens (primary N) is 1. The Morgan fingerprint density at radius 2 is 1.56 bits per heavy atom.